The van der Waals surface area contributed by atoms with Gasteiger partial charge in [-0.3, -0.25) is 0 Å². The molecule has 0 heterocycles. The standard InChI is InChI=1S/C7H3ClF4O3S/c8-16(13,14)6-2-4(9)1-5(3-6)15-7(10,11)12/h1-3H. The maximum absolute atomic E-state index is 12.8. The van der Waals surface area contributed by atoms with Gasteiger partial charge in [0.05, 0.1) is 4.90 Å². The molecule has 0 amide bonds. The summed E-state index contributed by atoms with van der Waals surface area (Å²) in [6.07, 6.45) is -5.04. The van der Waals surface area contributed by atoms with Crippen molar-refractivity contribution in [3.05, 3.63) is 24.0 Å². The van der Waals surface area contributed by atoms with Gasteiger partial charge in [-0.25, -0.2) is 12.8 Å². The fraction of sp³-hybridized carbons (Fsp3) is 0.143. The Kier molecular flexibility index (Phi) is 3.34. The topological polar surface area (TPSA) is 43.4 Å². The van der Waals surface area contributed by atoms with E-state index < -0.39 is 31.9 Å². The summed E-state index contributed by atoms with van der Waals surface area (Å²) in [5.74, 6) is -2.20. The molecule has 0 aliphatic carbocycles. The molecule has 0 saturated carbocycles. The molecule has 3 nitrogen and oxygen atoms in total. The summed E-state index contributed by atoms with van der Waals surface area (Å²) in [6.45, 7) is 0. The predicted molar refractivity (Wildman–Crippen MR) is 46.1 cm³/mol. The van der Waals surface area contributed by atoms with Gasteiger partial charge in [0, 0.05) is 22.8 Å². The quantitative estimate of drug-likeness (QED) is 0.617. The second kappa shape index (κ2) is 4.10. The van der Waals surface area contributed by atoms with Gasteiger partial charge >= 0.3 is 6.36 Å². The first-order valence-electron chi connectivity index (χ1n) is 3.59. The maximum Gasteiger partial charge on any atom is 0.573 e. The van der Waals surface area contributed by atoms with Gasteiger partial charge in [0.15, 0.2) is 0 Å². The Hall–Kier alpha value is -1.02. The predicted octanol–water partition coefficient (Wildman–Crippen LogP) is 2.65. The minimum atomic E-state index is -5.04. The van der Waals surface area contributed by atoms with Gasteiger partial charge in [-0.15, -0.1) is 13.2 Å². The van der Waals surface area contributed by atoms with Crippen molar-refractivity contribution in [3.8, 4) is 5.75 Å². The van der Waals surface area contributed by atoms with Crippen LogP contribution in [0.5, 0.6) is 5.75 Å². The molecule has 16 heavy (non-hydrogen) atoms. The smallest absolute Gasteiger partial charge is 0.406 e. The number of hydrogen-bond acceptors (Lipinski definition) is 3. The minimum absolute atomic E-state index is 0.388. The molecule has 0 fully saturated rings. The first-order chi connectivity index (χ1) is 7.08. The number of ether oxygens (including phenoxy) is 1. The SMILES string of the molecule is O=S(=O)(Cl)c1cc(F)cc(OC(F)(F)F)c1. The van der Waals surface area contributed by atoms with Gasteiger partial charge in [-0.2, -0.15) is 0 Å². The molecular formula is C7H3ClF4O3S. The fourth-order valence-electron chi connectivity index (χ4n) is 0.870. The van der Waals surface area contributed by atoms with Crippen LogP contribution in [0.25, 0.3) is 0 Å². The molecular weight excluding hydrogens is 276 g/mol. The number of hydrogen-bond donors (Lipinski definition) is 0. The molecule has 0 radical (unpaired) electrons. The molecule has 90 valence electrons. The molecule has 0 N–H and O–H groups in total. The zero-order chi connectivity index (χ0) is 12.6. The summed E-state index contributed by atoms with van der Waals surface area (Å²) >= 11 is 0. The highest BCUT2D eigenvalue weighted by Gasteiger charge is 2.31. The lowest BCUT2D eigenvalue weighted by atomic mass is 10.3. The van der Waals surface area contributed by atoms with Crippen LogP contribution >= 0.6 is 10.7 Å². The molecule has 0 atom stereocenters. The van der Waals surface area contributed by atoms with Crippen LogP contribution in [0.3, 0.4) is 0 Å². The summed E-state index contributed by atoms with van der Waals surface area (Å²) in [5, 5.41) is 0. The summed E-state index contributed by atoms with van der Waals surface area (Å²) in [6, 6.07) is 1.34. The van der Waals surface area contributed by atoms with Gasteiger partial charge in [0.25, 0.3) is 9.05 Å². The van der Waals surface area contributed by atoms with E-state index in [1.807, 2.05) is 0 Å². The van der Waals surface area contributed by atoms with Crippen molar-refractivity contribution >= 4 is 19.7 Å². The molecule has 9 heteroatoms. The van der Waals surface area contributed by atoms with Crippen molar-refractivity contribution < 1.29 is 30.7 Å². The van der Waals surface area contributed by atoms with Crippen molar-refractivity contribution in [1.29, 1.82) is 0 Å². The fourth-order valence-corrected chi connectivity index (χ4v) is 1.65. The van der Waals surface area contributed by atoms with Crippen LogP contribution in [0, 0.1) is 5.82 Å². The van der Waals surface area contributed by atoms with E-state index in [1.54, 1.807) is 0 Å². The van der Waals surface area contributed by atoms with Gasteiger partial charge < -0.3 is 4.74 Å². The Balaban J connectivity index is 3.19. The number of rotatable bonds is 2. The summed E-state index contributed by atoms with van der Waals surface area (Å²) < 4.78 is 73.0. The van der Waals surface area contributed by atoms with Gasteiger partial charge in [-0.05, 0) is 6.07 Å². The number of alkyl halides is 3. The average Bonchev–Trinajstić information content (AvgIpc) is 1.97. The van der Waals surface area contributed by atoms with Crippen LogP contribution in [-0.2, 0) is 9.05 Å². The lowest BCUT2D eigenvalue weighted by molar-refractivity contribution is -0.274. The van der Waals surface area contributed by atoms with E-state index >= 15 is 0 Å². The van der Waals surface area contributed by atoms with E-state index in [0.717, 1.165) is 0 Å². The Labute approximate surface area is 92.0 Å². The van der Waals surface area contributed by atoms with E-state index in [-0.39, 0.29) is 0 Å². The Morgan fingerprint density at radius 1 is 1.19 bits per heavy atom. The average molecular weight is 279 g/mol. The van der Waals surface area contributed by atoms with E-state index in [0.29, 0.717) is 18.2 Å². The van der Waals surface area contributed by atoms with E-state index in [1.165, 1.54) is 0 Å². The largest absolute Gasteiger partial charge is 0.573 e. The number of halogens is 5. The summed E-state index contributed by atoms with van der Waals surface area (Å²) in [7, 11) is 0.524. The van der Waals surface area contributed by atoms with Crippen LogP contribution in [0.15, 0.2) is 23.1 Å². The highest BCUT2D eigenvalue weighted by Crippen LogP contribution is 2.27. The first-order valence-corrected chi connectivity index (χ1v) is 5.90. The van der Waals surface area contributed by atoms with Crippen LogP contribution in [0.1, 0.15) is 0 Å². The highest BCUT2D eigenvalue weighted by molar-refractivity contribution is 8.13. The number of benzene rings is 1. The minimum Gasteiger partial charge on any atom is -0.406 e. The van der Waals surface area contributed by atoms with Crippen molar-refractivity contribution in [1.82, 2.24) is 0 Å². The van der Waals surface area contributed by atoms with Crippen LogP contribution < -0.4 is 4.74 Å². The zero-order valence-corrected chi connectivity index (χ0v) is 8.83. The van der Waals surface area contributed by atoms with Crippen LogP contribution in [-0.4, -0.2) is 14.8 Å². The van der Waals surface area contributed by atoms with Crippen molar-refractivity contribution in [2.45, 2.75) is 11.3 Å². The molecule has 1 rings (SSSR count). The van der Waals surface area contributed by atoms with E-state index in [9.17, 15) is 26.0 Å². The molecule has 0 aliphatic heterocycles. The van der Waals surface area contributed by atoms with Crippen LogP contribution in [0.4, 0.5) is 17.6 Å². The third-order valence-electron chi connectivity index (χ3n) is 1.36. The summed E-state index contributed by atoms with van der Waals surface area (Å²) in [4.78, 5) is -0.812. The Morgan fingerprint density at radius 2 is 1.75 bits per heavy atom. The molecule has 0 saturated heterocycles. The lowest BCUT2D eigenvalue weighted by Crippen LogP contribution is -2.17. The second-order valence-corrected chi connectivity index (χ2v) is 5.17. The molecule has 0 spiro atoms. The molecule has 0 aliphatic rings. The highest BCUT2D eigenvalue weighted by atomic mass is 35.7. The molecule has 0 unspecified atom stereocenters. The summed E-state index contributed by atoms with van der Waals surface area (Å²) in [5.41, 5.74) is 0. The first kappa shape index (κ1) is 13.0. The molecule has 0 bridgehead atoms. The van der Waals surface area contributed by atoms with E-state index in [2.05, 4.69) is 4.74 Å². The lowest BCUT2D eigenvalue weighted by Gasteiger charge is -2.09. The van der Waals surface area contributed by atoms with Gasteiger partial charge in [0.2, 0.25) is 0 Å². The second-order valence-electron chi connectivity index (χ2n) is 2.61. The molecule has 1 aromatic carbocycles. The third kappa shape index (κ3) is 3.86. The molecule has 0 aromatic heterocycles. The van der Waals surface area contributed by atoms with Gasteiger partial charge in [0.1, 0.15) is 11.6 Å². The van der Waals surface area contributed by atoms with Crippen molar-refractivity contribution in [2.24, 2.45) is 0 Å². The van der Waals surface area contributed by atoms with Crippen molar-refractivity contribution in [2.75, 3.05) is 0 Å². The molecule has 1 aromatic rings. The van der Waals surface area contributed by atoms with Crippen molar-refractivity contribution in [3.63, 3.8) is 0 Å². The van der Waals surface area contributed by atoms with E-state index in [4.69, 9.17) is 10.7 Å². The monoisotopic (exact) mass is 278 g/mol. The third-order valence-corrected chi connectivity index (χ3v) is 2.69. The Bertz CT molecular complexity index is 497. The normalized spacial score (nSPS) is 12.6. The van der Waals surface area contributed by atoms with Gasteiger partial charge in [-0.1, -0.05) is 0 Å². The maximum atomic E-state index is 12.8. The van der Waals surface area contributed by atoms with Crippen LogP contribution in [0.2, 0.25) is 0 Å². The zero-order valence-electron chi connectivity index (χ0n) is 7.25. The Morgan fingerprint density at radius 3 is 2.19 bits per heavy atom.